The first-order valence-corrected chi connectivity index (χ1v) is 16.6. The van der Waals surface area contributed by atoms with Crippen LogP contribution in [0.5, 0.6) is 11.6 Å². The summed E-state index contributed by atoms with van der Waals surface area (Å²) >= 11 is 1.52. The van der Waals surface area contributed by atoms with Crippen LogP contribution in [0.15, 0.2) is 41.8 Å². The Morgan fingerprint density at radius 1 is 1.16 bits per heavy atom. The first-order chi connectivity index (χ1) is 21.6. The molecule has 2 aromatic heterocycles. The molecule has 6 rings (SSSR count). The number of hydrogen-bond donors (Lipinski definition) is 2. The highest BCUT2D eigenvalue weighted by atomic mass is 32.1. The number of ether oxygens (including phenoxy) is 2. The first kappa shape index (κ1) is 31.0. The summed E-state index contributed by atoms with van der Waals surface area (Å²) in [6.07, 6.45) is 6.88. The van der Waals surface area contributed by atoms with E-state index in [0.717, 1.165) is 40.7 Å². The van der Waals surface area contributed by atoms with Crippen molar-refractivity contribution in [1.29, 1.82) is 0 Å². The van der Waals surface area contributed by atoms with E-state index in [9.17, 15) is 19.5 Å². The minimum Gasteiger partial charge on any atom is -0.497 e. The van der Waals surface area contributed by atoms with Gasteiger partial charge < -0.3 is 24.8 Å². The Hall–Kier alpha value is -3.99. The molecule has 3 aliphatic rings. The lowest BCUT2D eigenvalue weighted by molar-refractivity contribution is -0.145. The van der Waals surface area contributed by atoms with Gasteiger partial charge in [-0.1, -0.05) is 26.0 Å². The molecule has 0 saturated heterocycles. The maximum atomic E-state index is 13.8. The number of carbonyl (C=O) groups excluding carboxylic acids is 2. The number of aliphatic carboxylic acids is 1. The number of hydrogen-bond acceptors (Lipinski definition) is 8. The number of carboxylic acids is 1. The monoisotopic (exact) mass is 632 g/mol. The third-order valence-corrected chi connectivity index (χ3v) is 10.3. The second kappa shape index (κ2) is 12.4. The molecule has 10 nitrogen and oxygen atoms in total. The van der Waals surface area contributed by atoms with Gasteiger partial charge in [-0.3, -0.25) is 9.59 Å². The van der Waals surface area contributed by atoms with E-state index in [4.69, 9.17) is 19.4 Å². The smallest absolute Gasteiger partial charge is 0.330 e. The van der Waals surface area contributed by atoms with Gasteiger partial charge in [0.15, 0.2) is 0 Å². The molecular weight excluding hydrogens is 592 g/mol. The SMILES string of the molecule is COc1ccc2c(O[C@@H]3C[C@H]4C(=O)N[C@]5(C(=O)O)C[C@@H]5/C=C\CCCCN(C)C(=O)[C@@H]4C3)nc(-c3nc(C(C)C)cs3)cc2c1. The Labute approximate surface area is 266 Å². The summed E-state index contributed by atoms with van der Waals surface area (Å²) in [7, 11) is 3.39. The van der Waals surface area contributed by atoms with Crippen molar-refractivity contribution in [2.75, 3.05) is 20.7 Å². The number of pyridine rings is 1. The molecule has 3 aromatic rings. The fraction of sp³-hybridized carbons (Fsp3) is 0.500. The second-order valence-electron chi connectivity index (χ2n) is 12.8. The van der Waals surface area contributed by atoms with Gasteiger partial charge in [0.25, 0.3) is 0 Å². The predicted octanol–water partition coefficient (Wildman–Crippen LogP) is 5.42. The third kappa shape index (κ3) is 6.14. The zero-order valence-electron chi connectivity index (χ0n) is 26.1. The van der Waals surface area contributed by atoms with E-state index >= 15 is 0 Å². The molecule has 2 fully saturated rings. The minimum absolute atomic E-state index is 0.120. The van der Waals surface area contributed by atoms with Crippen LogP contribution in [0.3, 0.4) is 0 Å². The molecule has 3 heterocycles. The van der Waals surface area contributed by atoms with Gasteiger partial charge in [0, 0.05) is 30.3 Å². The Kier molecular flexibility index (Phi) is 8.56. The Balaban J connectivity index is 1.33. The maximum absolute atomic E-state index is 13.8. The molecular formula is C34H40N4O6S. The molecule has 45 heavy (non-hydrogen) atoms. The first-order valence-electron chi connectivity index (χ1n) is 15.7. The van der Waals surface area contributed by atoms with Crippen molar-refractivity contribution in [2.45, 2.75) is 69.9 Å². The standard InChI is InChI=1S/C34H40N4O6S/c1-19(2)28-18-45-31(36-28)27-14-20-13-22(43-4)10-11-24(20)30(35-27)44-23-15-25-26(16-23)32(40)38(3)12-8-6-5-7-9-21-17-34(21,33(41)42)37-29(25)39/h7,9-11,13-14,18-19,21,23,25-26H,5-6,8,12,15-17H2,1-4H3,(H,37,39)(H,41,42)/b9-7-/t21-,23+,25+,26+,34+/m0/s1. The Morgan fingerprint density at radius 3 is 2.69 bits per heavy atom. The molecule has 1 aromatic carbocycles. The van der Waals surface area contributed by atoms with Crippen LogP contribution in [-0.2, 0) is 14.4 Å². The number of amides is 2. The van der Waals surface area contributed by atoms with Crippen LogP contribution < -0.4 is 14.8 Å². The number of fused-ring (bicyclic) bond motifs is 3. The Morgan fingerprint density at radius 2 is 1.96 bits per heavy atom. The van der Waals surface area contributed by atoms with E-state index in [-0.39, 0.29) is 24.2 Å². The van der Waals surface area contributed by atoms with Crippen LogP contribution in [0, 0.1) is 17.8 Å². The van der Waals surface area contributed by atoms with E-state index in [1.807, 2.05) is 41.8 Å². The van der Waals surface area contributed by atoms with E-state index in [2.05, 4.69) is 19.2 Å². The average Bonchev–Trinajstić information content (AvgIpc) is 3.33. The molecule has 1 aliphatic heterocycles. The maximum Gasteiger partial charge on any atom is 0.330 e. The summed E-state index contributed by atoms with van der Waals surface area (Å²) in [5.74, 6) is -1.82. The summed E-state index contributed by atoms with van der Waals surface area (Å²) in [5.41, 5.74) is 0.330. The highest BCUT2D eigenvalue weighted by molar-refractivity contribution is 7.13. The zero-order valence-corrected chi connectivity index (χ0v) is 26.9. The lowest BCUT2D eigenvalue weighted by atomic mass is 9.93. The van der Waals surface area contributed by atoms with Crippen molar-refractivity contribution in [1.82, 2.24) is 20.2 Å². The average molecular weight is 633 g/mol. The number of aromatic nitrogens is 2. The van der Waals surface area contributed by atoms with Crippen molar-refractivity contribution < 1.29 is 29.0 Å². The number of rotatable bonds is 6. The van der Waals surface area contributed by atoms with Gasteiger partial charge in [-0.25, -0.2) is 14.8 Å². The molecule has 0 radical (unpaired) electrons. The number of nitrogens with zero attached hydrogens (tertiary/aromatic N) is 3. The molecule has 0 bridgehead atoms. The van der Waals surface area contributed by atoms with Crippen LogP contribution in [0.25, 0.3) is 21.5 Å². The van der Waals surface area contributed by atoms with Crippen molar-refractivity contribution in [3.63, 3.8) is 0 Å². The molecule has 2 N–H and O–H groups in total. The molecule has 5 atom stereocenters. The van der Waals surface area contributed by atoms with Gasteiger partial charge >= 0.3 is 5.97 Å². The van der Waals surface area contributed by atoms with Gasteiger partial charge in [0.1, 0.15) is 28.1 Å². The summed E-state index contributed by atoms with van der Waals surface area (Å²) < 4.78 is 12.1. The van der Waals surface area contributed by atoms with Crippen molar-refractivity contribution in [2.24, 2.45) is 17.8 Å². The van der Waals surface area contributed by atoms with Crippen molar-refractivity contribution in [3.8, 4) is 22.3 Å². The molecule has 11 heteroatoms. The highest BCUT2D eigenvalue weighted by Gasteiger charge is 2.61. The fourth-order valence-electron chi connectivity index (χ4n) is 6.55. The number of allylic oxidation sites excluding steroid dienone is 1. The number of nitrogens with one attached hydrogen (secondary N) is 1. The molecule has 0 spiro atoms. The summed E-state index contributed by atoms with van der Waals surface area (Å²) in [6.45, 7) is 4.79. The molecule has 0 unspecified atom stereocenters. The Bertz CT molecular complexity index is 1650. The quantitative estimate of drug-likeness (QED) is 0.345. The lowest BCUT2D eigenvalue weighted by Gasteiger charge is -2.26. The van der Waals surface area contributed by atoms with Crippen molar-refractivity contribution in [3.05, 3.63) is 47.5 Å². The normalized spacial score (nSPS) is 27.8. The van der Waals surface area contributed by atoms with Gasteiger partial charge in [0.2, 0.25) is 17.7 Å². The van der Waals surface area contributed by atoms with Crippen LogP contribution in [0.2, 0.25) is 0 Å². The topological polar surface area (TPSA) is 131 Å². The van der Waals surface area contributed by atoms with Crippen LogP contribution in [-0.4, -0.2) is 70.1 Å². The number of methoxy groups -OCH3 is 1. The molecule has 2 aliphatic carbocycles. The number of carbonyl (C=O) groups is 3. The summed E-state index contributed by atoms with van der Waals surface area (Å²) in [6, 6.07) is 7.64. The summed E-state index contributed by atoms with van der Waals surface area (Å²) in [4.78, 5) is 51.2. The van der Waals surface area contributed by atoms with E-state index in [1.165, 1.54) is 11.3 Å². The summed E-state index contributed by atoms with van der Waals surface area (Å²) in [5, 5.41) is 17.4. The predicted molar refractivity (Wildman–Crippen MR) is 171 cm³/mol. The zero-order chi connectivity index (χ0) is 31.9. The van der Waals surface area contributed by atoms with E-state index in [1.54, 1.807) is 19.1 Å². The van der Waals surface area contributed by atoms with E-state index < -0.39 is 35.4 Å². The van der Waals surface area contributed by atoms with Crippen LogP contribution >= 0.6 is 11.3 Å². The van der Waals surface area contributed by atoms with Gasteiger partial charge in [-0.05, 0) is 74.1 Å². The van der Waals surface area contributed by atoms with Gasteiger partial charge in [-0.2, -0.15) is 0 Å². The second-order valence-corrected chi connectivity index (χ2v) is 13.7. The van der Waals surface area contributed by atoms with Gasteiger partial charge in [0.05, 0.1) is 24.6 Å². The van der Waals surface area contributed by atoms with Crippen molar-refractivity contribution >= 4 is 39.9 Å². The molecule has 238 valence electrons. The minimum atomic E-state index is -1.33. The van der Waals surface area contributed by atoms with Crippen LogP contribution in [0.1, 0.15) is 64.0 Å². The molecule has 2 amide bonds. The number of thiazole rings is 1. The fourth-order valence-corrected chi connectivity index (χ4v) is 7.49. The highest BCUT2D eigenvalue weighted by Crippen LogP contribution is 2.46. The largest absolute Gasteiger partial charge is 0.497 e. The third-order valence-electron chi connectivity index (χ3n) is 9.39. The number of carboxylic acid groups (broad SMARTS) is 1. The van der Waals surface area contributed by atoms with Gasteiger partial charge in [-0.15, -0.1) is 11.3 Å². The van der Waals surface area contributed by atoms with E-state index in [0.29, 0.717) is 36.7 Å². The molecule has 2 saturated carbocycles. The number of benzene rings is 1. The lowest BCUT2D eigenvalue weighted by Crippen LogP contribution is -2.49. The van der Waals surface area contributed by atoms with Crippen LogP contribution in [0.4, 0.5) is 0 Å².